The summed E-state index contributed by atoms with van der Waals surface area (Å²) in [5, 5.41) is 11.3. The Morgan fingerprint density at radius 3 is 2.39 bits per heavy atom. The van der Waals surface area contributed by atoms with Crippen LogP contribution in [0, 0.1) is 0 Å². The minimum Gasteiger partial charge on any atom is -0.475 e. The van der Waals surface area contributed by atoms with E-state index in [1.54, 1.807) is 11.3 Å². The van der Waals surface area contributed by atoms with Crippen molar-refractivity contribution in [3.63, 3.8) is 0 Å². The molecule has 1 fully saturated rings. The number of benzene rings is 2. The van der Waals surface area contributed by atoms with E-state index in [0.717, 1.165) is 46.8 Å². The first-order chi connectivity index (χ1) is 18.2. The maximum Gasteiger partial charge on any atom is 0.490 e. The number of anilines is 1. The van der Waals surface area contributed by atoms with Crippen molar-refractivity contribution < 1.29 is 27.9 Å². The van der Waals surface area contributed by atoms with Gasteiger partial charge < -0.3 is 15.3 Å². The summed E-state index contributed by atoms with van der Waals surface area (Å²) in [6.45, 7) is 9.07. The number of nitrogens with zero attached hydrogens (tertiary/aromatic N) is 2. The van der Waals surface area contributed by atoms with Crippen molar-refractivity contribution >= 4 is 39.0 Å². The highest BCUT2D eigenvalue weighted by Crippen LogP contribution is 2.26. The molecular weight excluding hydrogens is 515 g/mol. The Labute approximate surface area is 225 Å². The Hall–Kier alpha value is -2.95. The molecule has 0 radical (unpaired) electrons. The van der Waals surface area contributed by atoms with E-state index in [1.807, 2.05) is 30.3 Å². The summed E-state index contributed by atoms with van der Waals surface area (Å²) in [6, 6.07) is 18.4. The van der Waals surface area contributed by atoms with Gasteiger partial charge in [-0.25, -0.2) is 4.79 Å². The quantitative estimate of drug-likeness (QED) is 0.315. The summed E-state index contributed by atoms with van der Waals surface area (Å²) in [5.41, 5.74) is 2.13. The van der Waals surface area contributed by atoms with E-state index in [1.165, 1.54) is 44.3 Å². The molecule has 6 nitrogen and oxygen atoms in total. The molecular formula is C28H34F3N3O3S. The van der Waals surface area contributed by atoms with Crippen molar-refractivity contribution in [3.8, 4) is 0 Å². The Morgan fingerprint density at radius 1 is 0.974 bits per heavy atom. The van der Waals surface area contributed by atoms with E-state index in [9.17, 15) is 18.0 Å². The van der Waals surface area contributed by atoms with E-state index in [0.29, 0.717) is 0 Å². The lowest BCUT2D eigenvalue weighted by molar-refractivity contribution is -0.192. The third-order valence-electron chi connectivity index (χ3n) is 6.24. The molecule has 4 rings (SSSR count). The normalized spacial score (nSPS) is 14.9. The first-order valence-corrected chi connectivity index (χ1v) is 13.6. The second kappa shape index (κ2) is 14.3. The van der Waals surface area contributed by atoms with Crippen LogP contribution >= 0.6 is 11.3 Å². The minimum atomic E-state index is -5.08. The zero-order chi connectivity index (χ0) is 27.5. The first kappa shape index (κ1) is 29.6. The highest BCUT2D eigenvalue weighted by molar-refractivity contribution is 7.20. The van der Waals surface area contributed by atoms with Crippen LogP contribution in [0.3, 0.4) is 0 Å². The van der Waals surface area contributed by atoms with Gasteiger partial charge in [-0.1, -0.05) is 50.1 Å². The van der Waals surface area contributed by atoms with Gasteiger partial charge in [-0.05, 0) is 67.7 Å². The molecule has 0 saturated carbocycles. The number of carbonyl (C=O) groups is 2. The number of aliphatic carboxylic acids is 1. The van der Waals surface area contributed by atoms with Crippen molar-refractivity contribution in [2.45, 2.75) is 45.3 Å². The van der Waals surface area contributed by atoms with Crippen LogP contribution < -0.4 is 5.32 Å². The van der Waals surface area contributed by atoms with Crippen molar-refractivity contribution in [1.29, 1.82) is 0 Å². The van der Waals surface area contributed by atoms with Crippen LogP contribution in [-0.2, 0) is 11.3 Å². The molecule has 1 aliphatic rings. The van der Waals surface area contributed by atoms with Gasteiger partial charge in [0.15, 0.2) is 0 Å². The summed E-state index contributed by atoms with van der Waals surface area (Å²) in [5.74, 6) is -2.79. The Bertz CT molecular complexity index is 1170. The monoisotopic (exact) mass is 549 g/mol. The average molecular weight is 550 g/mol. The smallest absolute Gasteiger partial charge is 0.475 e. The molecule has 2 heterocycles. The van der Waals surface area contributed by atoms with Crippen molar-refractivity contribution in [2.24, 2.45) is 0 Å². The van der Waals surface area contributed by atoms with E-state index in [4.69, 9.17) is 9.90 Å². The number of unbranched alkanes of at least 4 members (excludes halogenated alkanes) is 2. The van der Waals surface area contributed by atoms with Crippen LogP contribution in [0.15, 0.2) is 54.6 Å². The zero-order valence-corrected chi connectivity index (χ0v) is 22.3. The van der Waals surface area contributed by atoms with Crippen molar-refractivity contribution in [1.82, 2.24) is 9.80 Å². The van der Waals surface area contributed by atoms with Gasteiger partial charge in [-0.2, -0.15) is 13.2 Å². The molecule has 0 atom stereocenters. The zero-order valence-electron chi connectivity index (χ0n) is 21.5. The molecule has 3 aromatic rings. The highest BCUT2D eigenvalue weighted by atomic mass is 32.1. The van der Waals surface area contributed by atoms with Crippen LogP contribution in [0.4, 0.5) is 18.9 Å². The van der Waals surface area contributed by atoms with Crippen LogP contribution in [0.25, 0.3) is 10.1 Å². The van der Waals surface area contributed by atoms with Gasteiger partial charge in [0.05, 0.1) is 4.88 Å². The number of nitrogens with one attached hydrogen (secondary N) is 1. The number of amides is 1. The van der Waals surface area contributed by atoms with Gasteiger partial charge in [-0.3, -0.25) is 9.69 Å². The Kier molecular flexibility index (Phi) is 11.1. The van der Waals surface area contributed by atoms with E-state index < -0.39 is 12.1 Å². The second-order valence-corrected chi connectivity index (χ2v) is 10.4. The highest BCUT2D eigenvalue weighted by Gasteiger charge is 2.38. The van der Waals surface area contributed by atoms with Crippen molar-refractivity contribution in [2.75, 3.05) is 38.0 Å². The summed E-state index contributed by atoms with van der Waals surface area (Å²) in [6.07, 6.45) is 0.0858. The van der Waals surface area contributed by atoms with Crippen molar-refractivity contribution in [3.05, 3.63) is 65.0 Å². The van der Waals surface area contributed by atoms with Crippen LogP contribution in [0.2, 0.25) is 0 Å². The number of hydrogen-bond donors (Lipinski definition) is 2. The minimum absolute atomic E-state index is 0.0316. The molecule has 1 saturated heterocycles. The molecule has 0 spiro atoms. The standard InChI is InChI=1S/C26H33N3OS.C2HF3O2/c1-2-3-6-13-28-14-8-15-29(17-16-28)20-21-9-7-11-23(18-21)27-26(30)25-19-22-10-4-5-12-24(22)31-25;3-2(4,5)1(6)7/h4-5,7,9-12,18-19H,2-3,6,8,13-17,20H2,1H3,(H,27,30);(H,6,7). The molecule has 0 aliphatic carbocycles. The number of fused-ring (bicyclic) bond motifs is 1. The molecule has 0 unspecified atom stereocenters. The largest absolute Gasteiger partial charge is 0.490 e. The maximum atomic E-state index is 12.8. The van der Waals surface area contributed by atoms with E-state index >= 15 is 0 Å². The lowest BCUT2D eigenvalue weighted by atomic mass is 10.1. The fraction of sp³-hybridized carbons (Fsp3) is 0.429. The number of carbonyl (C=O) groups excluding carboxylic acids is 1. The third-order valence-corrected chi connectivity index (χ3v) is 7.36. The molecule has 1 aliphatic heterocycles. The molecule has 206 valence electrons. The molecule has 2 aromatic carbocycles. The van der Waals surface area contributed by atoms with Gasteiger partial charge in [0, 0.05) is 30.0 Å². The number of alkyl halides is 3. The second-order valence-electron chi connectivity index (χ2n) is 9.28. The summed E-state index contributed by atoms with van der Waals surface area (Å²) >= 11 is 1.54. The average Bonchev–Trinajstić information content (AvgIpc) is 3.19. The Balaban J connectivity index is 0.000000505. The lowest BCUT2D eigenvalue weighted by Crippen LogP contribution is -2.31. The number of thiophene rings is 1. The predicted molar refractivity (Wildman–Crippen MR) is 146 cm³/mol. The third kappa shape index (κ3) is 9.41. The van der Waals surface area contributed by atoms with Gasteiger partial charge >= 0.3 is 12.1 Å². The molecule has 38 heavy (non-hydrogen) atoms. The number of hydrogen-bond acceptors (Lipinski definition) is 5. The lowest BCUT2D eigenvalue weighted by Gasteiger charge is -2.22. The maximum absolute atomic E-state index is 12.8. The molecule has 0 bridgehead atoms. The fourth-order valence-corrected chi connectivity index (χ4v) is 5.24. The van der Waals surface area contributed by atoms with Gasteiger partial charge in [0.25, 0.3) is 5.91 Å². The number of carboxylic acids is 1. The summed E-state index contributed by atoms with van der Waals surface area (Å²) < 4.78 is 32.9. The Morgan fingerprint density at radius 2 is 1.68 bits per heavy atom. The van der Waals surface area contributed by atoms with Crippen LogP contribution in [-0.4, -0.2) is 65.7 Å². The molecule has 1 amide bonds. The molecule has 2 N–H and O–H groups in total. The molecule has 1 aromatic heterocycles. The topological polar surface area (TPSA) is 72.9 Å². The number of carboxylic acid groups (broad SMARTS) is 1. The van der Waals surface area contributed by atoms with Gasteiger partial charge in [0.1, 0.15) is 0 Å². The summed E-state index contributed by atoms with van der Waals surface area (Å²) in [4.78, 5) is 27.6. The predicted octanol–water partition coefficient (Wildman–Crippen LogP) is 6.48. The van der Waals surface area contributed by atoms with Crippen LogP contribution in [0.5, 0.6) is 0 Å². The van der Waals surface area contributed by atoms with Gasteiger partial charge in [0.2, 0.25) is 0 Å². The molecule has 10 heteroatoms. The number of rotatable bonds is 8. The SMILES string of the molecule is CCCCCN1CCCN(Cc2cccc(NC(=O)c3cc4ccccc4s3)c2)CC1.O=C(O)C(F)(F)F. The first-order valence-electron chi connectivity index (χ1n) is 12.8. The fourth-order valence-electron chi connectivity index (χ4n) is 4.28. The van der Waals surface area contributed by atoms with E-state index in [2.05, 4.69) is 46.3 Å². The van der Waals surface area contributed by atoms with Crippen LogP contribution in [0.1, 0.15) is 47.8 Å². The van der Waals surface area contributed by atoms with E-state index in [-0.39, 0.29) is 5.91 Å². The number of halogens is 3. The van der Waals surface area contributed by atoms with Gasteiger partial charge in [-0.15, -0.1) is 11.3 Å². The summed E-state index contributed by atoms with van der Waals surface area (Å²) in [7, 11) is 0.